The minimum Gasteiger partial charge on any atom is -0.442 e. The number of hydrogen-bond acceptors (Lipinski definition) is 6. The van der Waals surface area contributed by atoms with E-state index in [1.54, 1.807) is 35.3 Å². The lowest BCUT2D eigenvalue weighted by Crippen LogP contribution is -2.29. The Labute approximate surface area is 167 Å². The van der Waals surface area contributed by atoms with Crippen molar-refractivity contribution >= 4 is 27.2 Å². The summed E-state index contributed by atoms with van der Waals surface area (Å²) < 4.78 is 45.1. The van der Waals surface area contributed by atoms with E-state index in [2.05, 4.69) is 10.3 Å². The Morgan fingerprint density at radius 2 is 2.21 bits per heavy atom. The van der Waals surface area contributed by atoms with E-state index < -0.39 is 27.9 Å². The lowest BCUT2D eigenvalue weighted by Gasteiger charge is -2.20. The van der Waals surface area contributed by atoms with Gasteiger partial charge >= 0.3 is 6.09 Å². The highest BCUT2D eigenvalue weighted by atomic mass is 32.2. The van der Waals surface area contributed by atoms with Crippen LogP contribution in [0.3, 0.4) is 0 Å². The highest BCUT2D eigenvalue weighted by Gasteiger charge is 2.38. The molecule has 3 heterocycles. The van der Waals surface area contributed by atoms with Crippen LogP contribution in [-0.4, -0.2) is 53.7 Å². The molecule has 0 N–H and O–H groups in total. The molecule has 1 amide bonds. The minimum atomic E-state index is -3.08. The predicted octanol–water partition coefficient (Wildman–Crippen LogP) is 2.60. The molecule has 1 unspecified atom stereocenters. The second kappa shape index (κ2) is 7.58. The molecule has 154 valence electrons. The molecule has 29 heavy (non-hydrogen) atoms. The number of carbonyl (C=O) groups excluding carboxylic acids is 1. The van der Waals surface area contributed by atoms with Gasteiger partial charge in [0.25, 0.3) is 0 Å². The van der Waals surface area contributed by atoms with E-state index in [0.717, 1.165) is 0 Å². The van der Waals surface area contributed by atoms with Crippen LogP contribution in [0.15, 0.2) is 36.7 Å². The van der Waals surface area contributed by atoms with Crippen LogP contribution in [0, 0.1) is 5.82 Å². The van der Waals surface area contributed by atoms with Crippen molar-refractivity contribution in [1.82, 2.24) is 15.0 Å². The van der Waals surface area contributed by atoms with E-state index in [0.29, 0.717) is 23.2 Å². The molecule has 10 heteroatoms. The van der Waals surface area contributed by atoms with Gasteiger partial charge < -0.3 is 4.74 Å². The number of hydrogen-bond donors (Lipinski definition) is 0. The van der Waals surface area contributed by atoms with Crippen LogP contribution in [-0.2, 0) is 14.6 Å². The monoisotopic (exact) mass is 420 g/mol. The maximum absolute atomic E-state index is 14.8. The van der Waals surface area contributed by atoms with Gasteiger partial charge in [0.05, 0.1) is 36.0 Å². The van der Waals surface area contributed by atoms with E-state index in [-0.39, 0.29) is 30.5 Å². The zero-order valence-corrected chi connectivity index (χ0v) is 16.7. The molecule has 2 atom stereocenters. The topological polar surface area (TPSA) is 94.4 Å². The average Bonchev–Trinajstić information content (AvgIpc) is 3.33. The fourth-order valence-corrected chi connectivity index (χ4v) is 4.92. The first-order valence-electron chi connectivity index (χ1n) is 9.41. The molecule has 2 aliphatic rings. The van der Waals surface area contributed by atoms with Gasteiger partial charge in [0, 0.05) is 11.8 Å². The molecule has 4 rings (SSSR count). The van der Waals surface area contributed by atoms with Crippen LogP contribution in [0.5, 0.6) is 0 Å². The fraction of sp³-hybridized carbons (Fsp3) is 0.421. The van der Waals surface area contributed by atoms with Gasteiger partial charge in [-0.2, -0.15) is 0 Å². The van der Waals surface area contributed by atoms with Crippen LogP contribution in [0.1, 0.15) is 31.4 Å². The largest absolute Gasteiger partial charge is 0.442 e. The summed E-state index contributed by atoms with van der Waals surface area (Å²) in [5.74, 6) is -0.557. The number of ether oxygens (including phenoxy) is 1. The zero-order valence-electron chi connectivity index (χ0n) is 15.9. The smallest absolute Gasteiger partial charge is 0.414 e. The van der Waals surface area contributed by atoms with Crippen LogP contribution >= 0.6 is 0 Å². The quantitative estimate of drug-likeness (QED) is 0.738. The number of benzene rings is 1. The number of sulfone groups is 1. The maximum atomic E-state index is 14.8. The Hall–Kier alpha value is -2.75. The number of cyclic esters (lactones) is 1. The Morgan fingerprint density at radius 1 is 1.38 bits per heavy atom. The summed E-state index contributed by atoms with van der Waals surface area (Å²) in [4.78, 5) is 13.8. The normalized spacial score (nSPS) is 22.3. The summed E-state index contributed by atoms with van der Waals surface area (Å²) in [5, 5.41) is 7.79. The number of aromatic nitrogens is 3. The Morgan fingerprint density at radius 3 is 2.83 bits per heavy atom. The van der Waals surface area contributed by atoms with Crippen molar-refractivity contribution in [2.24, 2.45) is 0 Å². The first-order chi connectivity index (χ1) is 13.9. The van der Waals surface area contributed by atoms with Crippen molar-refractivity contribution in [3.05, 3.63) is 48.0 Å². The van der Waals surface area contributed by atoms with Gasteiger partial charge in [-0.25, -0.2) is 22.3 Å². The van der Waals surface area contributed by atoms with Gasteiger partial charge in [-0.1, -0.05) is 18.2 Å². The third kappa shape index (κ3) is 3.89. The van der Waals surface area contributed by atoms with Gasteiger partial charge in [-0.05, 0) is 36.6 Å². The molecular formula is C19H21FN4O4S. The van der Waals surface area contributed by atoms with Crippen LogP contribution in [0.25, 0.3) is 5.57 Å². The van der Waals surface area contributed by atoms with Crippen molar-refractivity contribution in [3.63, 3.8) is 0 Å². The van der Waals surface area contributed by atoms with Crippen molar-refractivity contribution in [1.29, 1.82) is 0 Å². The molecule has 0 aliphatic carbocycles. The molecule has 0 saturated carbocycles. The summed E-state index contributed by atoms with van der Waals surface area (Å²) in [6, 6.07) is 4.37. The van der Waals surface area contributed by atoms with Gasteiger partial charge in [0.2, 0.25) is 0 Å². The second-order valence-electron chi connectivity index (χ2n) is 7.15. The maximum Gasteiger partial charge on any atom is 0.414 e. The Kier molecular flexibility index (Phi) is 5.12. The molecule has 2 aliphatic heterocycles. The molecule has 1 saturated heterocycles. The summed E-state index contributed by atoms with van der Waals surface area (Å²) in [6.07, 6.45) is 4.85. The van der Waals surface area contributed by atoms with E-state index in [1.807, 2.05) is 6.92 Å². The van der Waals surface area contributed by atoms with Crippen molar-refractivity contribution in [2.75, 3.05) is 23.0 Å². The van der Waals surface area contributed by atoms with E-state index in [1.165, 1.54) is 11.0 Å². The van der Waals surface area contributed by atoms with E-state index in [9.17, 15) is 17.6 Å². The number of halogens is 1. The lowest BCUT2D eigenvalue weighted by molar-refractivity contribution is 0.101. The first kappa shape index (κ1) is 19.6. The molecule has 1 aromatic heterocycles. The standard InChI is InChI=1S/C19H21FN4O4S/c1-2-17(24-8-7-21-22-24)18-12-23(19(25)28-18)14-3-4-15(16(20)11-14)13-5-9-29(26,27)10-6-13/h3-5,7-8,11,17-18H,2,6,9-10,12H2,1H3/t17?,18-/m1/s1. The molecule has 8 nitrogen and oxygen atoms in total. The number of amides is 1. The molecule has 2 aromatic rings. The van der Waals surface area contributed by atoms with Crippen molar-refractivity contribution in [2.45, 2.75) is 31.9 Å². The van der Waals surface area contributed by atoms with Crippen LogP contribution < -0.4 is 4.90 Å². The van der Waals surface area contributed by atoms with Crippen LogP contribution in [0.2, 0.25) is 0 Å². The fourth-order valence-electron chi connectivity index (χ4n) is 3.77. The summed E-state index contributed by atoms with van der Waals surface area (Å²) in [7, 11) is -3.08. The Bertz CT molecular complexity index is 1050. The van der Waals surface area contributed by atoms with Crippen molar-refractivity contribution in [3.8, 4) is 0 Å². The summed E-state index contributed by atoms with van der Waals surface area (Å²) >= 11 is 0. The lowest BCUT2D eigenvalue weighted by atomic mass is 10.0. The highest BCUT2D eigenvalue weighted by molar-refractivity contribution is 7.91. The molecule has 0 radical (unpaired) electrons. The molecule has 0 spiro atoms. The first-order valence-corrected chi connectivity index (χ1v) is 11.2. The third-order valence-corrected chi connectivity index (χ3v) is 6.84. The zero-order chi connectivity index (χ0) is 20.6. The molecule has 0 bridgehead atoms. The SMILES string of the molecule is CCC([C@H]1CN(c2ccc(C3=CCS(=O)(=O)CC3)c(F)c2)C(=O)O1)n1ccnn1. The second-order valence-corrected chi connectivity index (χ2v) is 9.38. The molecule has 1 aromatic carbocycles. The molecule has 1 fully saturated rings. The van der Waals surface area contributed by atoms with E-state index in [4.69, 9.17) is 4.74 Å². The van der Waals surface area contributed by atoms with Crippen LogP contribution in [0.4, 0.5) is 14.9 Å². The van der Waals surface area contributed by atoms with Gasteiger partial charge in [0.15, 0.2) is 9.84 Å². The summed E-state index contributed by atoms with van der Waals surface area (Å²) in [5.41, 5.74) is 1.43. The van der Waals surface area contributed by atoms with Crippen molar-refractivity contribution < 1.29 is 22.3 Å². The number of nitrogens with zero attached hydrogens (tertiary/aromatic N) is 4. The number of allylic oxidation sites excluding steroid dienone is 1. The predicted molar refractivity (Wildman–Crippen MR) is 105 cm³/mol. The molecular weight excluding hydrogens is 399 g/mol. The number of anilines is 1. The number of rotatable bonds is 5. The van der Waals surface area contributed by atoms with Gasteiger partial charge in [0.1, 0.15) is 11.9 Å². The average molecular weight is 420 g/mol. The highest BCUT2D eigenvalue weighted by Crippen LogP contribution is 2.32. The Balaban J connectivity index is 1.54. The third-order valence-electron chi connectivity index (χ3n) is 5.34. The summed E-state index contributed by atoms with van der Waals surface area (Å²) in [6.45, 7) is 2.24. The van der Waals surface area contributed by atoms with Gasteiger partial charge in [-0.15, -0.1) is 5.10 Å². The number of carbonyl (C=O) groups is 1. The minimum absolute atomic E-state index is 0.0147. The van der Waals surface area contributed by atoms with Gasteiger partial charge in [-0.3, -0.25) is 4.90 Å². The van der Waals surface area contributed by atoms with E-state index >= 15 is 0 Å².